The second-order valence-corrected chi connectivity index (χ2v) is 8.87. The standard InChI is InChI=1S/C22H16BI2NO/c1-15-5-6-16-3-2-4-21(22(16)26-15)27-23(17-7-11-19(24)12-8-17)18-9-13-20(25)14-10-18/h2-14H,1H3. The number of aryl methyl sites for hydroxylation is 1. The molecule has 27 heavy (non-hydrogen) atoms. The first kappa shape index (κ1) is 18.7. The Kier molecular flexibility index (Phi) is 5.68. The Balaban J connectivity index is 1.81. The molecule has 5 heteroatoms. The van der Waals surface area contributed by atoms with E-state index in [1.165, 1.54) is 7.14 Å². The number of hydrogen-bond donors (Lipinski definition) is 0. The molecule has 2 nitrogen and oxygen atoms in total. The highest BCUT2D eigenvalue weighted by Crippen LogP contribution is 2.24. The molecule has 0 spiro atoms. The lowest BCUT2D eigenvalue weighted by Gasteiger charge is -2.18. The zero-order chi connectivity index (χ0) is 18.8. The molecule has 1 aromatic heterocycles. The van der Waals surface area contributed by atoms with Gasteiger partial charge in [-0.2, -0.15) is 0 Å². The maximum atomic E-state index is 6.57. The Morgan fingerprint density at radius 2 is 1.33 bits per heavy atom. The van der Waals surface area contributed by atoms with E-state index < -0.39 is 0 Å². The maximum Gasteiger partial charge on any atom is 0.426 e. The van der Waals surface area contributed by atoms with Crippen molar-refractivity contribution < 1.29 is 4.65 Å². The van der Waals surface area contributed by atoms with Crippen molar-refractivity contribution in [1.82, 2.24) is 4.98 Å². The van der Waals surface area contributed by atoms with Crippen LogP contribution in [-0.4, -0.2) is 11.9 Å². The molecule has 0 fully saturated rings. The van der Waals surface area contributed by atoms with Crippen LogP contribution in [0, 0.1) is 14.1 Å². The van der Waals surface area contributed by atoms with Gasteiger partial charge in [0.1, 0.15) is 11.3 Å². The Morgan fingerprint density at radius 1 is 0.741 bits per heavy atom. The summed E-state index contributed by atoms with van der Waals surface area (Å²) in [4.78, 5) is 4.72. The number of rotatable bonds is 4. The van der Waals surface area contributed by atoms with Crippen LogP contribution >= 0.6 is 45.2 Å². The fourth-order valence-electron chi connectivity index (χ4n) is 3.04. The molecule has 0 bridgehead atoms. The minimum Gasteiger partial charge on any atom is -0.550 e. The van der Waals surface area contributed by atoms with E-state index in [2.05, 4.69) is 106 Å². The van der Waals surface area contributed by atoms with Crippen molar-refractivity contribution in [2.75, 3.05) is 0 Å². The van der Waals surface area contributed by atoms with E-state index in [4.69, 9.17) is 9.64 Å². The fourth-order valence-corrected chi connectivity index (χ4v) is 3.76. The van der Waals surface area contributed by atoms with Gasteiger partial charge in [0.25, 0.3) is 0 Å². The van der Waals surface area contributed by atoms with Crippen LogP contribution in [0.15, 0.2) is 78.9 Å². The van der Waals surface area contributed by atoms with Crippen LogP contribution in [0.3, 0.4) is 0 Å². The number of nitrogens with zero attached hydrogens (tertiary/aromatic N) is 1. The summed E-state index contributed by atoms with van der Waals surface area (Å²) in [5.74, 6) is 0.804. The zero-order valence-electron chi connectivity index (χ0n) is 14.7. The minimum atomic E-state index is -0.188. The van der Waals surface area contributed by atoms with Crippen molar-refractivity contribution in [3.05, 3.63) is 91.7 Å². The number of aromatic nitrogens is 1. The molecule has 0 unspecified atom stereocenters. The summed E-state index contributed by atoms with van der Waals surface area (Å²) in [6.07, 6.45) is 0. The first-order valence-corrected chi connectivity index (χ1v) is 10.8. The Morgan fingerprint density at radius 3 is 1.93 bits per heavy atom. The number of hydrogen-bond acceptors (Lipinski definition) is 2. The maximum absolute atomic E-state index is 6.57. The van der Waals surface area contributed by atoms with Gasteiger partial charge >= 0.3 is 6.92 Å². The van der Waals surface area contributed by atoms with Crippen molar-refractivity contribution >= 4 is 73.9 Å². The summed E-state index contributed by atoms with van der Waals surface area (Å²) in [5.41, 5.74) is 4.14. The SMILES string of the molecule is Cc1ccc2cccc(OB(c3ccc(I)cc3)c3ccc(I)cc3)c2n1. The van der Waals surface area contributed by atoms with Gasteiger partial charge in [0, 0.05) is 18.2 Å². The molecule has 0 N–H and O–H groups in total. The van der Waals surface area contributed by atoms with Crippen LogP contribution in [0.4, 0.5) is 0 Å². The van der Waals surface area contributed by atoms with Gasteiger partial charge in [-0.1, -0.05) is 42.5 Å². The molecule has 0 amide bonds. The minimum absolute atomic E-state index is 0.188. The highest BCUT2D eigenvalue weighted by molar-refractivity contribution is 14.1. The summed E-state index contributed by atoms with van der Waals surface area (Å²) >= 11 is 4.65. The molecule has 0 saturated heterocycles. The molecule has 0 aliphatic heterocycles. The molecule has 0 aliphatic rings. The number of fused-ring (bicyclic) bond motifs is 1. The Labute approximate surface area is 186 Å². The normalized spacial score (nSPS) is 10.8. The number of para-hydroxylation sites is 1. The molecule has 3 aromatic carbocycles. The monoisotopic (exact) mass is 575 g/mol. The Bertz CT molecular complexity index is 1040. The summed E-state index contributed by atoms with van der Waals surface area (Å²) in [7, 11) is 0. The molecule has 1 heterocycles. The van der Waals surface area contributed by atoms with E-state index >= 15 is 0 Å². The zero-order valence-corrected chi connectivity index (χ0v) is 19.0. The topological polar surface area (TPSA) is 22.1 Å². The van der Waals surface area contributed by atoms with Gasteiger partial charge in [0.2, 0.25) is 0 Å². The van der Waals surface area contributed by atoms with E-state index in [0.717, 1.165) is 33.3 Å². The third-order valence-electron chi connectivity index (χ3n) is 4.41. The van der Waals surface area contributed by atoms with Crippen LogP contribution < -0.4 is 15.6 Å². The highest BCUT2D eigenvalue weighted by Gasteiger charge is 2.24. The molecule has 4 rings (SSSR count). The van der Waals surface area contributed by atoms with Crippen LogP contribution in [0.25, 0.3) is 10.9 Å². The lowest BCUT2D eigenvalue weighted by molar-refractivity contribution is 0.597. The summed E-state index contributed by atoms with van der Waals surface area (Å²) in [6.45, 7) is 1.82. The van der Waals surface area contributed by atoms with Crippen LogP contribution in [0.1, 0.15) is 5.69 Å². The first-order chi connectivity index (χ1) is 13.1. The molecule has 0 aliphatic carbocycles. The van der Waals surface area contributed by atoms with Crippen LogP contribution in [0.2, 0.25) is 0 Å². The van der Waals surface area contributed by atoms with E-state index in [1.54, 1.807) is 0 Å². The van der Waals surface area contributed by atoms with Gasteiger partial charge in [-0.15, -0.1) is 0 Å². The van der Waals surface area contributed by atoms with E-state index in [0.29, 0.717) is 0 Å². The van der Waals surface area contributed by atoms with Crippen molar-refractivity contribution in [3.8, 4) is 5.75 Å². The van der Waals surface area contributed by atoms with Gasteiger partial charge in [-0.05, 0) is 99.4 Å². The van der Waals surface area contributed by atoms with Gasteiger partial charge in [-0.25, -0.2) is 4.98 Å². The van der Waals surface area contributed by atoms with Gasteiger partial charge in [0.05, 0.1) is 0 Å². The van der Waals surface area contributed by atoms with Gasteiger partial charge in [0.15, 0.2) is 0 Å². The molecule has 4 aromatic rings. The average Bonchev–Trinajstić information content (AvgIpc) is 2.68. The third kappa shape index (κ3) is 4.29. The second kappa shape index (κ2) is 8.18. The quantitative estimate of drug-likeness (QED) is 0.255. The van der Waals surface area contributed by atoms with Crippen LogP contribution in [0.5, 0.6) is 5.75 Å². The molecule has 132 valence electrons. The highest BCUT2D eigenvalue weighted by atomic mass is 127. The lowest BCUT2D eigenvalue weighted by atomic mass is 9.55. The lowest BCUT2D eigenvalue weighted by Crippen LogP contribution is -2.47. The predicted molar refractivity (Wildman–Crippen MR) is 130 cm³/mol. The number of benzene rings is 3. The largest absolute Gasteiger partial charge is 0.550 e. The van der Waals surface area contributed by atoms with Crippen molar-refractivity contribution in [1.29, 1.82) is 0 Å². The average molecular weight is 575 g/mol. The van der Waals surface area contributed by atoms with E-state index in [-0.39, 0.29) is 6.92 Å². The summed E-state index contributed by atoms with van der Waals surface area (Å²) < 4.78 is 8.98. The summed E-state index contributed by atoms with van der Waals surface area (Å²) in [6, 6.07) is 27.2. The molecule has 0 radical (unpaired) electrons. The Hall–Kier alpha value is -1.61. The van der Waals surface area contributed by atoms with Crippen molar-refractivity contribution in [2.45, 2.75) is 6.92 Å². The predicted octanol–water partition coefficient (Wildman–Crippen LogP) is 4.94. The molecular formula is C22H16BI2NO. The first-order valence-electron chi connectivity index (χ1n) is 8.64. The number of pyridine rings is 1. The van der Waals surface area contributed by atoms with Crippen molar-refractivity contribution in [3.63, 3.8) is 0 Å². The number of halogens is 2. The molecule has 0 atom stereocenters. The molecular weight excluding hydrogens is 559 g/mol. The van der Waals surface area contributed by atoms with Crippen molar-refractivity contribution in [2.24, 2.45) is 0 Å². The molecule has 0 saturated carbocycles. The van der Waals surface area contributed by atoms with E-state index in [1.807, 2.05) is 25.1 Å². The van der Waals surface area contributed by atoms with E-state index in [9.17, 15) is 0 Å². The van der Waals surface area contributed by atoms with Crippen LogP contribution in [-0.2, 0) is 0 Å². The smallest absolute Gasteiger partial charge is 0.426 e. The second-order valence-electron chi connectivity index (χ2n) is 6.38. The fraction of sp³-hybridized carbons (Fsp3) is 0.0455. The summed E-state index contributed by atoms with van der Waals surface area (Å²) in [5, 5.41) is 1.09. The van der Waals surface area contributed by atoms with Gasteiger partial charge < -0.3 is 4.65 Å². The van der Waals surface area contributed by atoms with Gasteiger partial charge in [-0.3, -0.25) is 0 Å². The third-order valence-corrected chi connectivity index (χ3v) is 5.85.